The molecular formula is C10H18N2OS. The molecule has 2 aliphatic heterocycles. The van der Waals surface area contributed by atoms with E-state index in [1.165, 1.54) is 12.8 Å². The SMILES string of the molecule is O=C(NCC1CCCN1)C1CCSC1. The van der Waals surface area contributed by atoms with Gasteiger partial charge in [-0.3, -0.25) is 4.79 Å². The molecule has 2 aliphatic rings. The van der Waals surface area contributed by atoms with Crippen molar-refractivity contribution in [2.45, 2.75) is 25.3 Å². The van der Waals surface area contributed by atoms with E-state index in [2.05, 4.69) is 10.6 Å². The molecule has 0 radical (unpaired) electrons. The fraction of sp³-hybridized carbons (Fsp3) is 0.900. The molecule has 0 aliphatic carbocycles. The summed E-state index contributed by atoms with van der Waals surface area (Å²) in [6.45, 7) is 1.93. The lowest BCUT2D eigenvalue weighted by Gasteiger charge is -2.13. The summed E-state index contributed by atoms with van der Waals surface area (Å²) in [5, 5.41) is 6.43. The quantitative estimate of drug-likeness (QED) is 0.723. The Morgan fingerprint density at radius 1 is 1.50 bits per heavy atom. The molecule has 0 aromatic carbocycles. The van der Waals surface area contributed by atoms with Crippen LogP contribution < -0.4 is 10.6 Å². The van der Waals surface area contributed by atoms with E-state index in [9.17, 15) is 4.79 Å². The van der Waals surface area contributed by atoms with E-state index in [0.717, 1.165) is 31.0 Å². The number of carbonyl (C=O) groups is 1. The Morgan fingerprint density at radius 3 is 3.07 bits per heavy atom. The Balaban J connectivity index is 1.66. The second kappa shape index (κ2) is 5.03. The Morgan fingerprint density at radius 2 is 2.43 bits per heavy atom. The number of thioether (sulfide) groups is 1. The van der Waals surface area contributed by atoms with Gasteiger partial charge in [-0.05, 0) is 31.6 Å². The fourth-order valence-electron chi connectivity index (χ4n) is 2.04. The largest absolute Gasteiger partial charge is 0.354 e. The Bertz CT molecular complexity index is 198. The van der Waals surface area contributed by atoms with Crippen LogP contribution in [0.25, 0.3) is 0 Å². The number of rotatable bonds is 3. The third kappa shape index (κ3) is 2.64. The molecule has 3 nitrogen and oxygen atoms in total. The monoisotopic (exact) mass is 214 g/mol. The highest BCUT2D eigenvalue weighted by atomic mass is 32.2. The lowest BCUT2D eigenvalue weighted by atomic mass is 10.1. The summed E-state index contributed by atoms with van der Waals surface area (Å²) in [6, 6.07) is 0.521. The Kier molecular flexibility index (Phi) is 3.70. The number of nitrogens with one attached hydrogen (secondary N) is 2. The van der Waals surface area contributed by atoms with Crippen LogP contribution in [-0.4, -0.2) is 36.5 Å². The zero-order chi connectivity index (χ0) is 9.80. The minimum atomic E-state index is 0.267. The molecule has 0 bridgehead atoms. The Labute approximate surface area is 89.4 Å². The summed E-state index contributed by atoms with van der Waals surface area (Å²) < 4.78 is 0. The van der Waals surface area contributed by atoms with E-state index >= 15 is 0 Å². The van der Waals surface area contributed by atoms with Gasteiger partial charge in [-0.1, -0.05) is 0 Å². The molecule has 4 heteroatoms. The van der Waals surface area contributed by atoms with Crippen molar-refractivity contribution >= 4 is 17.7 Å². The summed E-state index contributed by atoms with van der Waals surface area (Å²) in [7, 11) is 0. The molecule has 14 heavy (non-hydrogen) atoms. The van der Waals surface area contributed by atoms with Crippen LogP contribution in [0.3, 0.4) is 0 Å². The molecule has 2 fully saturated rings. The molecule has 1 amide bonds. The summed E-state index contributed by atoms with van der Waals surface area (Å²) in [4.78, 5) is 11.6. The van der Waals surface area contributed by atoms with Crippen molar-refractivity contribution in [1.29, 1.82) is 0 Å². The number of amides is 1. The smallest absolute Gasteiger partial charge is 0.224 e. The van der Waals surface area contributed by atoms with E-state index in [4.69, 9.17) is 0 Å². The molecule has 2 atom stereocenters. The average Bonchev–Trinajstić information content (AvgIpc) is 2.87. The van der Waals surface area contributed by atoms with Crippen molar-refractivity contribution < 1.29 is 4.79 Å². The van der Waals surface area contributed by atoms with Gasteiger partial charge in [-0.25, -0.2) is 0 Å². The summed E-state index contributed by atoms with van der Waals surface area (Å²) in [6.07, 6.45) is 3.52. The molecule has 0 spiro atoms. The highest BCUT2D eigenvalue weighted by molar-refractivity contribution is 7.99. The molecule has 80 valence electrons. The molecule has 0 aromatic heterocycles. The molecule has 2 unspecified atom stereocenters. The van der Waals surface area contributed by atoms with Gasteiger partial charge in [0.25, 0.3) is 0 Å². The fourth-order valence-corrected chi connectivity index (χ4v) is 3.26. The molecule has 0 aromatic rings. The van der Waals surface area contributed by atoms with Gasteiger partial charge in [0.2, 0.25) is 5.91 Å². The number of hydrogen-bond donors (Lipinski definition) is 2. The topological polar surface area (TPSA) is 41.1 Å². The highest BCUT2D eigenvalue weighted by Crippen LogP contribution is 2.23. The van der Waals surface area contributed by atoms with Crippen LogP contribution in [0.5, 0.6) is 0 Å². The first-order chi connectivity index (χ1) is 6.86. The van der Waals surface area contributed by atoms with Crippen molar-refractivity contribution in [1.82, 2.24) is 10.6 Å². The van der Waals surface area contributed by atoms with Crippen LogP contribution in [0.1, 0.15) is 19.3 Å². The van der Waals surface area contributed by atoms with Crippen molar-refractivity contribution in [3.05, 3.63) is 0 Å². The van der Waals surface area contributed by atoms with Crippen molar-refractivity contribution in [2.24, 2.45) is 5.92 Å². The summed E-state index contributed by atoms with van der Waals surface area (Å²) >= 11 is 1.89. The van der Waals surface area contributed by atoms with E-state index in [1.54, 1.807) is 0 Å². The summed E-state index contributed by atoms with van der Waals surface area (Å²) in [5.74, 6) is 2.72. The van der Waals surface area contributed by atoms with E-state index in [-0.39, 0.29) is 11.8 Å². The van der Waals surface area contributed by atoms with Gasteiger partial charge >= 0.3 is 0 Å². The van der Waals surface area contributed by atoms with Crippen molar-refractivity contribution in [3.63, 3.8) is 0 Å². The van der Waals surface area contributed by atoms with E-state index < -0.39 is 0 Å². The van der Waals surface area contributed by atoms with E-state index in [1.807, 2.05) is 11.8 Å². The van der Waals surface area contributed by atoms with E-state index in [0.29, 0.717) is 6.04 Å². The predicted octanol–water partition coefficient (Wildman–Crippen LogP) is 0.608. The number of hydrogen-bond acceptors (Lipinski definition) is 3. The molecular weight excluding hydrogens is 196 g/mol. The second-order valence-electron chi connectivity index (χ2n) is 4.10. The zero-order valence-corrected chi connectivity index (χ0v) is 9.24. The van der Waals surface area contributed by atoms with Gasteiger partial charge in [-0.15, -0.1) is 0 Å². The minimum Gasteiger partial charge on any atom is -0.354 e. The molecule has 2 heterocycles. The van der Waals surface area contributed by atoms with Crippen LogP contribution in [-0.2, 0) is 4.79 Å². The first-order valence-corrected chi connectivity index (χ1v) is 6.60. The predicted molar refractivity (Wildman–Crippen MR) is 59.5 cm³/mol. The highest BCUT2D eigenvalue weighted by Gasteiger charge is 2.23. The maximum atomic E-state index is 11.6. The maximum absolute atomic E-state index is 11.6. The number of carbonyl (C=O) groups excluding carboxylic acids is 1. The van der Waals surface area contributed by atoms with Crippen LogP contribution >= 0.6 is 11.8 Å². The average molecular weight is 214 g/mol. The first-order valence-electron chi connectivity index (χ1n) is 5.45. The van der Waals surface area contributed by atoms with Crippen molar-refractivity contribution in [2.75, 3.05) is 24.6 Å². The summed E-state index contributed by atoms with van der Waals surface area (Å²) in [5.41, 5.74) is 0. The van der Waals surface area contributed by atoms with Gasteiger partial charge in [0, 0.05) is 24.3 Å². The Hall–Kier alpha value is -0.220. The molecule has 0 saturated carbocycles. The lowest BCUT2D eigenvalue weighted by molar-refractivity contribution is -0.124. The van der Waals surface area contributed by atoms with Crippen LogP contribution in [0.15, 0.2) is 0 Å². The zero-order valence-electron chi connectivity index (χ0n) is 8.42. The maximum Gasteiger partial charge on any atom is 0.224 e. The molecule has 2 N–H and O–H groups in total. The van der Waals surface area contributed by atoms with Gasteiger partial charge in [0.1, 0.15) is 0 Å². The minimum absolute atomic E-state index is 0.267. The third-order valence-corrected chi connectivity index (χ3v) is 4.15. The van der Waals surface area contributed by atoms with Crippen LogP contribution in [0.2, 0.25) is 0 Å². The molecule has 2 rings (SSSR count). The third-order valence-electron chi connectivity index (χ3n) is 2.99. The second-order valence-corrected chi connectivity index (χ2v) is 5.25. The van der Waals surface area contributed by atoms with Gasteiger partial charge in [0.15, 0.2) is 0 Å². The van der Waals surface area contributed by atoms with Gasteiger partial charge in [0.05, 0.1) is 0 Å². The van der Waals surface area contributed by atoms with Crippen molar-refractivity contribution in [3.8, 4) is 0 Å². The first kappa shape index (κ1) is 10.3. The molecule has 2 saturated heterocycles. The lowest BCUT2D eigenvalue weighted by Crippen LogP contribution is -2.39. The van der Waals surface area contributed by atoms with Crippen LogP contribution in [0, 0.1) is 5.92 Å². The normalized spacial score (nSPS) is 32.0. The van der Waals surface area contributed by atoms with Gasteiger partial charge < -0.3 is 10.6 Å². The van der Waals surface area contributed by atoms with Crippen LogP contribution in [0.4, 0.5) is 0 Å². The standard InChI is InChI=1S/C10H18N2OS/c13-10(8-3-5-14-7-8)12-6-9-2-1-4-11-9/h8-9,11H,1-7H2,(H,12,13). The van der Waals surface area contributed by atoms with Gasteiger partial charge in [-0.2, -0.15) is 11.8 Å².